The van der Waals surface area contributed by atoms with Gasteiger partial charge in [-0.2, -0.15) is 0 Å². The molecule has 1 amide bonds. The first kappa shape index (κ1) is 15.2. The lowest BCUT2D eigenvalue weighted by molar-refractivity contribution is -0.144. The van der Waals surface area contributed by atoms with E-state index in [-0.39, 0.29) is 0 Å². The molecule has 0 aliphatic rings. The maximum absolute atomic E-state index is 12.2. The number of carbonyl (C=O) groups excluding carboxylic acids is 1. The summed E-state index contributed by atoms with van der Waals surface area (Å²) in [6.45, 7) is 1.45. The average molecular weight is 349 g/mol. The lowest BCUT2D eigenvalue weighted by Gasteiger charge is -2.26. The molecule has 5 nitrogen and oxygen atoms in total. The van der Waals surface area contributed by atoms with Crippen LogP contribution in [0.2, 0.25) is 0 Å². The molecule has 2 aromatic rings. The van der Waals surface area contributed by atoms with Crippen LogP contribution in [-0.4, -0.2) is 22.0 Å². The van der Waals surface area contributed by atoms with Crippen molar-refractivity contribution in [3.63, 3.8) is 0 Å². The van der Waals surface area contributed by atoms with Gasteiger partial charge in [0, 0.05) is 6.20 Å². The lowest BCUT2D eigenvalue weighted by atomic mass is 9.91. The van der Waals surface area contributed by atoms with Crippen LogP contribution in [0.15, 0.2) is 53.3 Å². The van der Waals surface area contributed by atoms with Crippen LogP contribution in [0.1, 0.15) is 22.8 Å². The predicted molar refractivity (Wildman–Crippen MR) is 80.8 cm³/mol. The molecule has 0 radical (unpaired) electrons. The van der Waals surface area contributed by atoms with Crippen LogP contribution in [0.4, 0.5) is 0 Å². The topological polar surface area (TPSA) is 79.3 Å². The van der Waals surface area contributed by atoms with Crippen molar-refractivity contribution in [1.29, 1.82) is 0 Å². The van der Waals surface area contributed by atoms with Crippen LogP contribution < -0.4 is 5.32 Å². The van der Waals surface area contributed by atoms with Crippen LogP contribution in [0.25, 0.3) is 0 Å². The van der Waals surface area contributed by atoms with Crippen molar-refractivity contribution < 1.29 is 14.7 Å². The lowest BCUT2D eigenvalue weighted by Crippen LogP contribution is -2.49. The number of hydrogen-bond donors (Lipinski definition) is 2. The zero-order chi connectivity index (χ0) is 15.5. The van der Waals surface area contributed by atoms with Gasteiger partial charge in [-0.05, 0) is 40.5 Å². The molecule has 0 aliphatic heterocycles. The molecule has 1 atom stereocenters. The minimum Gasteiger partial charge on any atom is -0.479 e. The van der Waals surface area contributed by atoms with E-state index in [0.29, 0.717) is 15.7 Å². The Bertz CT molecular complexity index is 658. The van der Waals surface area contributed by atoms with Crippen LogP contribution in [0.3, 0.4) is 0 Å². The quantitative estimate of drug-likeness (QED) is 0.832. The van der Waals surface area contributed by atoms with E-state index in [1.165, 1.54) is 13.1 Å². The molecule has 1 heterocycles. The molecule has 1 unspecified atom stereocenters. The van der Waals surface area contributed by atoms with Crippen LogP contribution in [0, 0.1) is 0 Å². The fraction of sp³-hybridized carbons (Fsp3) is 0.133. The molecule has 108 valence electrons. The second-order valence-corrected chi connectivity index (χ2v) is 5.43. The fourth-order valence-corrected chi connectivity index (χ4v) is 2.06. The normalized spacial score (nSPS) is 13.2. The van der Waals surface area contributed by atoms with E-state index < -0.39 is 17.4 Å². The maximum atomic E-state index is 12.2. The highest BCUT2D eigenvalue weighted by Gasteiger charge is 2.37. The molecule has 0 spiro atoms. The average Bonchev–Trinajstić information content (AvgIpc) is 2.48. The summed E-state index contributed by atoms with van der Waals surface area (Å²) in [5.74, 6) is -1.63. The van der Waals surface area contributed by atoms with Crippen molar-refractivity contribution in [3.05, 3.63) is 64.4 Å². The number of pyridine rings is 1. The van der Waals surface area contributed by atoms with E-state index in [9.17, 15) is 14.7 Å². The molecule has 0 aliphatic carbocycles. The monoisotopic (exact) mass is 348 g/mol. The number of benzene rings is 1. The highest BCUT2D eigenvalue weighted by Crippen LogP contribution is 2.21. The Labute approximate surface area is 130 Å². The Morgan fingerprint density at radius 2 is 1.86 bits per heavy atom. The number of aromatic nitrogens is 1. The summed E-state index contributed by atoms with van der Waals surface area (Å²) >= 11 is 3.18. The van der Waals surface area contributed by atoms with Gasteiger partial charge in [0.15, 0.2) is 5.54 Å². The van der Waals surface area contributed by atoms with Gasteiger partial charge in [0.05, 0.1) is 5.56 Å². The van der Waals surface area contributed by atoms with Crippen molar-refractivity contribution in [3.8, 4) is 0 Å². The van der Waals surface area contributed by atoms with Crippen molar-refractivity contribution in [2.24, 2.45) is 0 Å². The Hall–Kier alpha value is -2.21. The largest absolute Gasteiger partial charge is 0.479 e. The summed E-state index contributed by atoms with van der Waals surface area (Å²) in [7, 11) is 0. The van der Waals surface area contributed by atoms with Crippen LogP contribution >= 0.6 is 15.9 Å². The third-order valence-electron chi connectivity index (χ3n) is 3.13. The maximum Gasteiger partial charge on any atom is 0.333 e. The van der Waals surface area contributed by atoms with Gasteiger partial charge < -0.3 is 10.4 Å². The molecule has 0 saturated heterocycles. The van der Waals surface area contributed by atoms with Gasteiger partial charge in [-0.15, -0.1) is 0 Å². The second-order valence-electron chi connectivity index (χ2n) is 4.62. The van der Waals surface area contributed by atoms with Gasteiger partial charge in [-0.1, -0.05) is 30.3 Å². The standard InChI is InChI=1S/C15H13BrN2O3/c1-15(14(20)21,11-5-3-2-4-6-11)18-13(19)10-7-8-12(16)17-9-10/h2-9H,1H3,(H,18,19)(H,20,21). The van der Waals surface area contributed by atoms with Gasteiger partial charge in [-0.25, -0.2) is 9.78 Å². The van der Waals surface area contributed by atoms with Crippen molar-refractivity contribution in [2.75, 3.05) is 0 Å². The van der Waals surface area contributed by atoms with Gasteiger partial charge in [0.25, 0.3) is 5.91 Å². The first-order valence-electron chi connectivity index (χ1n) is 6.16. The van der Waals surface area contributed by atoms with Crippen LogP contribution in [0.5, 0.6) is 0 Å². The highest BCUT2D eigenvalue weighted by molar-refractivity contribution is 9.10. The summed E-state index contributed by atoms with van der Waals surface area (Å²) in [4.78, 5) is 27.8. The first-order valence-corrected chi connectivity index (χ1v) is 6.96. The number of aliphatic carboxylic acids is 1. The zero-order valence-electron chi connectivity index (χ0n) is 11.2. The number of amides is 1. The van der Waals surface area contributed by atoms with Gasteiger partial charge in [-0.3, -0.25) is 4.79 Å². The molecule has 0 saturated carbocycles. The second kappa shape index (κ2) is 6.05. The molecular formula is C15H13BrN2O3. The molecule has 0 bridgehead atoms. The SMILES string of the molecule is CC(NC(=O)c1ccc(Br)nc1)(C(=O)O)c1ccccc1. The summed E-state index contributed by atoms with van der Waals surface area (Å²) in [5, 5.41) is 12.0. The van der Waals surface area contributed by atoms with Gasteiger partial charge >= 0.3 is 5.97 Å². The Morgan fingerprint density at radius 3 is 2.38 bits per heavy atom. The van der Waals surface area contributed by atoms with Crippen molar-refractivity contribution in [1.82, 2.24) is 10.3 Å². The van der Waals surface area contributed by atoms with E-state index in [2.05, 4.69) is 26.2 Å². The van der Waals surface area contributed by atoms with Crippen molar-refractivity contribution >= 4 is 27.8 Å². The number of carboxylic acid groups (broad SMARTS) is 1. The molecule has 1 aromatic heterocycles. The fourth-order valence-electron chi connectivity index (χ4n) is 1.83. The molecule has 2 rings (SSSR count). The minimum absolute atomic E-state index is 0.293. The Balaban J connectivity index is 2.31. The third kappa shape index (κ3) is 3.28. The number of nitrogens with zero attached hydrogens (tertiary/aromatic N) is 1. The third-order valence-corrected chi connectivity index (χ3v) is 3.60. The minimum atomic E-state index is -1.51. The van der Waals surface area contributed by atoms with Crippen LogP contribution in [-0.2, 0) is 10.3 Å². The zero-order valence-corrected chi connectivity index (χ0v) is 12.8. The summed E-state index contributed by atoms with van der Waals surface area (Å²) in [6, 6.07) is 11.7. The Kier molecular flexibility index (Phi) is 4.37. The molecule has 6 heteroatoms. The smallest absolute Gasteiger partial charge is 0.333 e. The molecule has 1 aromatic carbocycles. The number of rotatable bonds is 4. The van der Waals surface area contributed by atoms with Gasteiger partial charge in [0.1, 0.15) is 4.60 Å². The van der Waals surface area contributed by atoms with Crippen molar-refractivity contribution in [2.45, 2.75) is 12.5 Å². The summed E-state index contributed by atoms with van der Waals surface area (Å²) < 4.78 is 0.600. The number of carboxylic acids is 1. The van der Waals surface area contributed by atoms with E-state index >= 15 is 0 Å². The van der Waals surface area contributed by atoms with E-state index in [0.717, 1.165) is 0 Å². The summed E-state index contributed by atoms with van der Waals surface area (Å²) in [5.41, 5.74) is -0.719. The van der Waals surface area contributed by atoms with E-state index in [1.54, 1.807) is 42.5 Å². The highest BCUT2D eigenvalue weighted by atomic mass is 79.9. The molecular weight excluding hydrogens is 336 g/mol. The molecule has 2 N–H and O–H groups in total. The first-order chi connectivity index (χ1) is 9.93. The number of nitrogens with one attached hydrogen (secondary N) is 1. The molecule has 21 heavy (non-hydrogen) atoms. The summed E-state index contributed by atoms with van der Waals surface area (Å²) in [6.07, 6.45) is 1.38. The van der Waals surface area contributed by atoms with E-state index in [4.69, 9.17) is 0 Å². The number of halogens is 1. The number of hydrogen-bond acceptors (Lipinski definition) is 3. The number of carbonyl (C=O) groups is 2. The molecule has 0 fully saturated rings. The predicted octanol–water partition coefficient (Wildman–Crippen LogP) is 2.57. The van der Waals surface area contributed by atoms with Gasteiger partial charge in [0.2, 0.25) is 0 Å². The van der Waals surface area contributed by atoms with E-state index in [1.807, 2.05) is 0 Å². The Morgan fingerprint density at radius 1 is 1.19 bits per heavy atom.